The minimum atomic E-state index is -0.642. The summed E-state index contributed by atoms with van der Waals surface area (Å²) in [4.78, 5) is 0. The first-order chi connectivity index (χ1) is 18.8. The molecule has 0 radical (unpaired) electrons. The molecule has 216 valence electrons. The largest absolute Gasteiger partial charge is 0.504 e. The van der Waals surface area contributed by atoms with Crippen LogP contribution in [-0.2, 0) is 17.6 Å². The summed E-state index contributed by atoms with van der Waals surface area (Å²) in [6.07, 6.45) is 10.4. The van der Waals surface area contributed by atoms with Crippen molar-refractivity contribution in [1.29, 1.82) is 0 Å². The predicted molar refractivity (Wildman–Crippen MR) is 148 cm³/mol. The lowest BCUT2D eigenvalue weighted by atomic mass is 9.85. The molecule has 0 saturated heterocycles. The molecule has 0 heterocycles. The maximum Gasteiger partial charge on any atom is 0.200 e. The molecular formula is C31H44O8. The van der Waals surface area contributed by atoms with E-state index in [4.69, 9.17) is 18.9 Å². The highest BCUT2D eigenvalue weighted by Crippen LogP contribution is 2.51. The van der Waals surface area contributed by atoms with Gasteiger partial charge in [0.05, 0.1) is 32.5 Å². The zero-order chi connectivity index (χ0) is 27.8. The normalized spacial score (nSPS) is 19.7. The maximum atomic E-state index is 10.7. The van der Waals surface area contributed by atoms with E-state index in [0.717, 1.165) is 24.0 Å². The second-order valence-electron chi connectivity index (χ2n) is 11.2. The van der Waals surface area contributed by atoms with Gasteiger partial charge in [-0.1, -0.05) is 18.9 Å². The van der Waals surface area contributed by atoms with Crippen molar-refractivity contribution >= 4 is 0 Å². The van der Waals surface area contributed by atoms with E-state index in [1.54, 1.807) is 18.2 Å². The second-order valence-corrected chi connectivity index (χ2v) is 11.2. The first-order valence-electron chi connectivity index (χ1n) is 14.2. The zero-order valence-electron chi connectivity index (χ0n) is 23.2. The number of phenols is 2. The molecule has 2 aliphatic rings. The van der Waals surface area contributed by atoms with Gasteiger partial charge in [0.2, 0.25) is 5.75 Å². The number of aliphatic hydroxyl groups excluding tert-OH is 2. The second kappa shape index (κ2) is 13.6. The quantitative estimate of drug-likeness (QED) is 0.238. The van der Waals surface area contributed by atoms with Crippen molar-refractivity contribution in [2.45, 2.75) is 95.4 Å². The van der Waals surface area contributed by atoms with Gasteiger partial charge in [0.15, 0.2) is 23.0 Å². The molecule has 2 aromatic carbocycles. The number of phenolic OH excluding ortho intramolecular Hbond substituents is 2. The summed E-state index contributed by atoms with van der Waals surface area (Å²) in [5.41, 5.74) is 2.34. The van der Waals surface area contributed by atoms with Crippen LogP contribution in [0.5, 0.6) is 28.7 Å². The van der Waals surface area contributed by atoms with Crippen molar-refractivity contribution in [3.8, 4) is 28.7 Å². The molecule has 8 heteroatoms. The summed E-state index contributed by atoms with van der Waals surface area (Å²) in [6.45, 7) is -0.420. The van der Waals surface area contributed by atoms with Crippen LogP contribution in [0.2, 0.25) is 0 Å². The van der Waals surface area contributed by atoms with Crippen LogP contribution in [-0.4, -0.2) is 59.8 Å². The third-order valence-corrected chi connectivity index (χ3v) is 8.55. The Labute approximate surface area is 231 Å². The molecule has 0 aliphatic heterocycles. The molecule has 0 bridgehead atoms. The molecule has 0 unspecified atom stereocenters. The molecule has 2 aliphatic carbocycles. The van der Waals surface area contributed by atoms with Crippen LogP contribution in [0.4, 0.5) is 0 Å². The van der Waals surface area contributed by atoms with Crippen molar-refractivity contribution in [2.75, 3.05) is 21.0 Å². The van der Waals surface area contributed by atoms with E-state index in [1.165, 1.54) is 46.3 Å². The van der Waals surface area contributed by atoms with Crippen molar-refractivity contribution in [1.82, 2.24) is 0 Å². The topological polar surface area (TPSA) is 118 Å². The lowest BCUT2D eigenvalue weighted by Gasteiger charge is -2.23. The number of benzene rings is 2. The van der Waals surface area contributed by atoms with E-state index in [-0.39, 0.29) is 23.7 Å². The van der Waals surface area contributed by atoms with Gasteiger partial charge in [0, 0.05) is 0 Å². The molecule has 39 heavy (non-hydrogen) atoms. The molecule has 2 saturated carbocycles. The molecule has 0 amide bonds. The maximum absolute atomic E-state index is 10.7. The average Bonchev–Trinajstić information content (AvgIpc) is 3.57. The first-order valence-corrected chi connectivity index (χ1v) is 14.2. The van der Waals surface area contributed by atoms with E-state index in [2.05, 4.69) is 0 Å². The Morgan fingerprint density at radius 1 is 0.897 bits per heavy atom. The van der Waals surface area contributed by atoms with Gasteiger partial charge < -0.3 is 39.4 Å². The molecular weight excluding hydrogens is 500 g/mol. The molecule has 3 atom stereocenters. The van der Waals surface area contributed by atoms with Gasteiger partial charge in [0.25, 0.3) is 0 Å². The molecule has 8 nitrogen and oxygen atoms in total. The van der Waals surface area contributed by atoms with Gasteiger partial charge in [0.1, 0.15) is 6.79 Å². The van der Waals surface area contributed by atoms with Crippen LogP contribution in [0.25, 0.3) is 0 Å². The lowest BCUT2D eigenvalue weighted by Crippen LogP contribution is -2.22. The summed E-state index contributed by atoms with van der Waals surface area (Å²) in [5, 5.41) is 40.7. The molecule has 4 N–H and O–H groups in total. The van der Waals surface area contributed by atoms with Crippen LogP contribution in [0.15, 0.2) is 30.3 Å². The predicted octanol–water partition coefficient (Wildman–Crippen LogP) is 5.26. The Morgan fingerprint density at radius 3 is 2.23 bits per heavy atom. The van der Waals surface area contributed by atoms with Crippen molar-refractivity contribution in [2.24, 2.45) is 5.41 Å². The summed E-state index contributed by atoms with van der Waals surface area (Å²) < 4.78 is 22.2. The summed E-state index contributed by atoms with van der Waals surface area (Å²) in [7, 11) is 2.96. The standard InChI is InChI=1S/C31H44O8/c1-36-28-16-22(17-29(37-2)30(28)35)5-8-23(33)18-24(38-20-32)9-6-21-7-10-26(34)27(15-21)39-25-11-14-31(19-25)12-3-4-13-31/h7,10,15-17,23-25,32-35H,3-6,8-9,11-14,18-20H2,1-2H3/t23-,24-,25+/m0/s1. The van der Waals surface area contributed by atoms with Crippen molar-refractivity contribution in [3.63, 3.8) is 0 Å². The number of rotatable bonds is 14. The highest BCUT2D eigenvalue weighted by Gasteiger charge is 2.42. The minimum absolute atomic E-state index is 0.0514. The van der Waals surface area contributed by atoms with E-state index < -0.39 is 12.9 Å². The summed E-state index contributed by atoms with van der Waals surface area (Å²) in [6, 6.07) is 8.94. The van der Waals surface area contributed by atoms with E-state index in [1.807, 2.05) is 12.1 Å². The molecule has 0 aromatic heterocycles. The number of aryl methyl sites for hydroxylation is 2. The Hall–Kier alpha value is -2.68. The van der Waals surface area contributed by atoms with Gasteiger partial charge in [-0.3, -0.25) is 0 Å². The number of methoxy groups -OCH3 is 2. The fourth-order valence-electron chi connectivity index (χ4n) is 6.37. The van der Waals surface area contributed by atoms with Crippen LogP contribution in [0, 0.1) is 5.41 Å². The number of hydrogen-bond acceptors (Lipinski definition) is 8. The van der Waals surface area contributed by atoms with Crippen LogP contribution < -0.4 is 14.2 Å². The fraction of sp³-hybridized carbons (Fsp3) is 0.613. The Balaban J connectivity index is 1.29. The Bertz CT molecular complexity index is 1040. The number of ether oxygens (including phenoxy) is 4. The minimum Gasteiger partial charge on any atom is -0.504 e. The van der Waals surface area contributed by atoms with E-state index in [9.17, 15) is 20.4 Å². The summed E-state index contributed by atoms with van der Waals surface area (Å²) in [5.74, 6) is 1.29. The van der Waals surface area contributed by atoms with Gasteiger partial charge in [-0.2, -0.15) is 0 Å². The third-order valence-electron chi connectivity index (χ3n) is 8.55. The van der Waals surface area contributed by atoms with Crippen molar-refractivity contribution in [3.05, 3.63) is 41.5 Å². The van der Waals surface area contributed by atoms with Gasteiger partial charge >= 0.3 is 0 Å². The molecule has 1 spiro atoms. The number of aliphatic hydroxyl groups is 2. The number of aromatic hydroxyl groups is 2. The Kier molecular flexibility index (Phi) is 10.2. The number of hydrogen-bond donors (Lipinski definition) is 4. The smallest absolute Gasteiger partial charge is 0.200 e. The zero-order valence-corrected chi connectivity index (χ0v) is 23.2. The van der Waals surface area contributed by atoms with Crippen LogP contribution in [0.3, 0.4) is 0 Å². The fourth-order valence-corrected chi connectivity index (χ4v) is 6.37. The van der Waals surface area contributed by atoms with Gasteiger partial charge in [-0.25, -0.2) is 0 Å². The SMILES string of the molecule is COc1cc(CC[C@H](O)C[C@H](CCc2ccc(O)c(O[C@@H]3CCC4(CCCC4)C3)c2)OCO)cc(OC)c1O. The van der Waals surface area contributed by atoms with Crippen LogP contribution in [0.1, 0.15) is 75.3 Å². The third kappa shape index (κ3) is 7.71. The Morgan fingerprint density at radius 2 is 1.56 bits per heavy atom. The van der Waals surface area contributed by atoms with Gasteiger partial charge in [-0.05, 0) is 105 Å². The molecule has 2 aromatic rings. The van der Waals surface area contributed by atoms with Crippen molar-refractivity contribution < 1.29 is 39.4 Å². The van der Waals surface area contributed by atoms with E-state index >= 15 is 0 Å². The lowest BCUT2D eigenvalue weighted by molar-refractivity contribution is -0.0690. The summed E-state index contributed by atoms with van der Waals surface area (Å²) >= 11 is 0. The molecule has 4 rings (SSSR count). The van der Waals surface area contributed by atoms with Crippen LogP contribution >= 0.6 is 0 Å². The first kappa shape index (κ1) is 29.3. The molecule has 2 fully saturated rings. The van der Waals surface area contributed by atoms with Gasteiger partial charge in [-0.15, -0.1) is 0 Å². The monoisotopic (exact) mass is 544 g/mol. The average molecular weight is 545 g/mol. The highest BCUT2D eigenvalue weighted by molar-refractivity contribution is 5.52. The highest BCUT2D eigenvalue weighted by atomic mass is 16.6. The van der Waals surface area contributed by atoms with E-state index in [0.29, 0.717) is 54.8 Å².